The quantitative estimate of drug-likeness (QED) is 0.264. The number of halogens is 3. The third kappa shape index (κ3) is 6.21. The van der Waals surface area contributed by atoms with Gasteiger partial charge >= 0.3 is 17.8 Å². The zero-order valence-corrected chi connectivity index (χ0v) is 23.5. The molecule has 11 nitrogen and oxygen atoms in total. The van der Waals surface area contributed by atoms with Crippen LogP contribution in [0, 0.1) is 11.3 Å². The number of nitriles is 1. The molecule has 14 heteroatoms. The number of methoxy groups -OCH3 is 1. The van der Waals surface area contributed by atoms with E-state index in [4.69, 9.17) is 14.6 Å². The number of esters is 1. The van der Waals surface area contributed by atoms with E-state index < -0.39 is 35.9 Å². The molecule has 0 spiro atoms. The largest absolute Gasteiger partial charge is 0.554 e. The summed E-state index contributed by atoms with van der Waals surface area (Å²) >= 11 is 0. The van der Waals surface area contributed by atoms with Gasteiger partial charge in [0.05, 0.1) is 50.5 Å². The molecule has 1 aliphatic rings. The molecular weight excluding hydrogens is 557 g/mol. The van der Waals surface area contributed by atoms with Crippen molar-refractivity contribution in [1.82, 2.24) is 14.8 Å². The van der Waals surface area contributed by atoms with Gasteiger partial charge in [-0.25, -0.2) is 19.3 Å². The number of hydrogen-bond acceptors (Lipinski definition) is 8. The Balaban J connectivity index is 0.00000155. The van der Waals surface area contributed by atoms with Crippen molar-refractivity contribution >= 4 is 24.1 Å². The number of alkyl halides is 3. The fourth-order valence-electron chi connectivity index (χ4n) is 4.73. The van der Waals surface area contributed by atoms with Gasteiger partial charge in [0.15, 0.2) is 0 Å². The summed E-state index contributed by atoms with van der Waals surface area (Å²) in [6.45, 7) is 4.33. The van der Waals surface area contributed by atoms with E-state index in [1.807, 2.05) is 21.0 Å². The molecule has 0 radical (unpaired) electrons. The number of hydrogen-bond donors (Lipinski definition) is 1. The standard InChI is InChI=1S/C27H27F3N6O3.CH2O2/c1-6-36(3,4)15-18-12-17(14-31)10-11-21(18)23-22(24(37)39-5)16(2)34(25-32-33-26(38)35(23)25)20-9-7-8-19(13-20)27(28,29)30;2-1-3/h7-13,23H,6,15H2,1-5H3;1H,(H,2,3)/t23-;/m1./s1. The van der Waals surface area contributed by atoms with Gasteiger partial charge in [0.1, 0.15) is 12.6 Å². The fourth-order valence-corrected chi connectivity index (χ4v) is 4.73. The van der Waals surface area contributed by atoms with Crippen molar-refractivity contribution in [1.29, 1.82) is 5.26 Å². The van der Waals surface area contributed by atoms with E-state index in [0.717, 1.165) is 24.2 Å². The highest BCUT2D eigenvalue weighted by Crippen LogP contribution is 2.43. The van der Waals surface area contributed by atoms with Crippen LogP contribution in [0.3, 0.4) is 0 Å². The second-order valence-corrected chi connectivity index (χ2v) is 10.0. The third-order valence-corrected chi connectivity index (χ3v) is 7.00. The number of carbonyl (C=O) groups is 2. The maximum atomic E-state index is 13.5. The van der Waals surface area contributed by atoms with Crippen LogP contribution in [0.2, 0.25) is 0 Å². The number of carboxylic acid groups (broad SMARTS) is 1. The minimum absolute atomic E-state index is 0.00836. The summed E-state index contributed by atoms with van der Waals surface area (Å²) in [5, 5.41) is 24.3. The normalized spacial score (nSPS) is 14.8. The second-order valence-electron chi connectivity index (χ2n) is 10.0. The zero-order valence-electron chi connectivity index (χ0n) is 23.5. The van der Waals surface area contributed by atoms with E-state index in [9.17, 15) is 28.0 Å². The number of aromatic nitrogens is 3. The molecule has 0 saturated carbocycles. The molecule has 4 rings (SSSR count). The molecule has 3 aromatic rings. The first-order valence-electron chi connectivity index (χ1n) is 12.6. The number of H-pyrrole nitrogens is 1. The monoisotopic (exact) mass is 586 g/mol. The summed E-state index contributed by atoms with van der Waals surface area (Å²) in [6, 6.07) is 10.7. The van der Waals surface area contributed by atoms with Gasteiger partial charge in [0.25, 0.3) is 0 Å². The Labute approximate surface area is 239 Å². The summed E-state index contributed by atoms with van der Waals surface area (Å²) in [7, 11) is 5.21. The molecule has 2 aromatic carbocycles. The summed E-state index contributed by atoms with van der Waals surface area (Å²) in [5.74, 6) is -0.748. The lowest BCUT2D eigenvalue weighted by Crippen LogP contribution is -2.40. The number of rotatable bonds is 6. The van der Waals surface area contributed by atoms with Crippen LogP contribution in [0.5, 0.6) is 0 Å². The topological polar surface area (TPSA) is 144 Å². The Bertz CT molecular complexity index is 1620. The summed E-state index contributed by atoms with van der Waals surface area (Å²) < 4.78 is 47.5. The van der Waals surface area contributed by atoms with Gasteiger partial charge in [0, 0.05) is 23.4 Å². The van der Waals surface area contributed by atoms with E-state index >= 15 is 0 Å². The van der Waals surface area contributed by atoms with E-state index in [0.29, 0.717) is 22.2 Å². The molecule has 1 atom stereocenters. The maximum Gasteiger partial charge on any atom is 0.416 e. The molecule has 1 aromatic heterocycles. The van der Waals surface area contributed by atoms with Crippen LogP contribution < -0.4 is 15.7 Å². The Morgan fingerprint density at radius 1 is 1.26 bits per heavy atom. The fraction of sp³-hybridized carbons (Fsp3) is 0.321. The van der Waals surface area contributed by atoms with Crippen molar-refractivity contribution in [2.45, 2.75) is 32.6 Å². The number of allylic oxidation sites excluding steroid dienone is 1. The van der Waals surface area contributed by atoms with Crippen molar-refractivity contribution in [3.63, 3.8) is 0 Å². The van der Waals surface area contributed by atoms with E-state index in [1.54, 1.807) is 25.1 Å². The van der Waals surface area contributed by atoms with Crippen molar-refractivity contribution in [2.75, 3.05) is 32.6 Å². The number of ether oxygens (including phenoxy) is 1. The number of benzene rings is 2. The highest BCUT2D eigenvalue weighted by molar-refractivity contribution is 5.93. The first-order chi connectivity index (χ1) is 19.7. The van der Waals surface area contributed by atoms with Crippen molar-refractivity contribution in [3.05, 3.63) is 86.5 Å². The average Bonchev–Trinajstić information content (AvgIpc) is 3.32. The number of nitrogens with one attached hydrogen (secondary N) is 1. The van der Waals surface area contributed by atoms with Crippen LogP contribution in [0.4, 0.5) is 24.8 Å². The molecule has 0 aliphatic carbocycles. The maximum absolute atomic E-state index is 13.5. The average molecular weight is 587 g/mol. The Kier molecular flexibility index (Phi) is 9.27. The third-order valence-electron chi connectivity index (χ3n) is 7.00. The first-order valence-corrected chi connectivity index (χ1v) is 12.6. The summed E-state index contributed by atoms with van der Waals surface area (Å²) in [5.41, 5.74) is 0.510. The SMILES string of the molecule is CC[N+](C)(C)Cc1cc(C#N)ccc1[C@@H]1C(C(=O)OC)=C(C)N(c2cccc(C(F)(F)F)c2)c2n[nH]c(=O)n21.O=C[O-]. The Morgan fingerprint density at radius 3 is 2.50 bits per heavy atom. The Morgan fingerprint density at radius 2 is 1.93 bits per heavy atom. The van der Waals surface area contributed by atoms with Gasteiger partial charge in [-0.3, -0.25) is 4.90 Å². The van der Waals surface area contributed by atoms with Crippen LogP contribution >= 0.6 is 0 Å². The zero-order chi connectivity index (χ0) is 31.4. The van der Waals surface area contributed by atoms with Gasteiger partial charge in [-0.15, -0.1) is 5.10 Å². The molecule has 2 heterocycles. The summed E-state index contributed by atoms with van der Waals surface area (Å²) in [6.07, 6.45) is -4.61. The van der Waals surface area contributed by atoms with E-state index in [2.05, 4.69) is 16.3 Å². The number of quaternary nitrogens is 1. The molecule has 0 fully saturated rings. The van der Waals surface area contributed by atoms with Gasteiger partial charge in [-0.05, 0) is 49.7 Å². The smallest absolute Gasteiger partial charge is 0.416 e. The van der Waals surface area contributed by atoms with Gasteiger partial charge < -0.3 is 19.1 Å². The first kappa shape index (κ1) is 31.6. The Hall–Kier alpha value is -4.90. The number of nitrogens with zero attached hydrogens (tertiary/aromatic N) is 5. The molecule has 0 saturated heterocycles. The van der Waals surface area contributed by atoms with Crippen LogP contribution in [-0.4, -0.2) is 59.4 Å². The van der Waals surface area contributed by atoms with E-state index in [-0.39, 0.29) is 22.9 Å². The predicted molar refractivity (Wildman–Crippen MR) is 143 cm³/mol. The minimum Gasteiger partial charge on any atom is -0.554 e. The molecule has 42 heavy (non-hydrogen) atoms. The van der Waals surface area contributed by atoms with Crippen molar-refractivity contribution < 1.29 is 37.1 Å². The lowest BCUT2D eigenvalue weighted by Gasteiger charge is -2.37. The lowest BCUT2D eigenvalue weighted by atomic mass is 9.89. The predicted octanol–water partition coefficient (Wildman–Crippen LogP) is 2.61. The van der Waals surface area contributed by atoms with Crippen LogP contribution in [-0.2, 0) is 27.0 Å². The number of fused-ring (bicyclic) bond motifs is 1. The van der Waals surface area contributed by atoms with Gasteiger partial charge in [-0.2, -0.15) is 18.4 Å². The molecule has 0 amide bonds. The highest BCUT2D eigenvalue weighted by Gasteiger charge is 2.41. The number of aromatic amines is 1. The molecule has 1 aliphatic heterocycles. The van der Waals surface area contributed by atoms with Crippen LogP contribution in [0.25, 0.3) is 0 Å². The number of carbonyl (C=O) groups excluding carboxylic acids is 2. The number of anilines is 2. The van der Waals surface area contributed by atoms with Crippen LogP contribution in [0.1, 0.15) is 42.1 Å². The summed E-state index contributed by atoms with van der Waals surface area (Å²) in [4.78, 5) is 36.1. The van der Waals surface area contributed by atoms with Gasteiger partial charge in [-0.1, -0.05) is 12.1 Å². The molecular formula is C28H29F3N6O5. The lowest BCUT2D eigenvalue weighted by molar-refractivity contribution is -0.901. The molecule has 222 valence electrons. The van der Waals surface area contributed by atoms with E-state index in [1.165, 1.54) is 28.7 Å². The van der Waals surface area contributed by atoms with Crippen molar-refractivity contribution in [2.24, 2.45) is 0 Å². The molecule has 0 bridgehead atoms. The molecule has 0 unspecified atom stereocenters. The second kappa shape index (κ2) is 12.3. The highest BCUT2D eigenvalue weighted by atomic mass is 19.4. The van der Waals surface area contributed by atoms with Gasteiger partial charge in [0.2, 0.25) is 5.95 Å². The van der Waals surface area contributed by atoms with Crippen LogP contribution in [0.15, 0.2) is 58.5 Å². The molecule has 1 N–H and O–H groups in total. The minimum atomic E-state index is -4.61. The van der Waals surface area contributed by atoms with Crippen molar-refractivity contribution in [3.8, 4) is 6.07 Å².